The molecule has 3 nitrogen and oxygen atoms in total. The molecule has 3 heteroatoms. The quantitative estimate of drug-likeness (QED) is 0.597. The molecule has 2 aliphatic rings. The molecule has 1 saturated carbocycles. The molecule has 1 heterocycles. The van der Waals surface area contributed by atoms with Crippen LogP contribution in [0, 0.1) is 18.3 Å². The van der Waals surface area contributed by atoms with Crippen molar-refractivity contribution in [3.05, 3.63) is 0 Å². The lowest BCUT2D eigenvalue weighted by molar-refractivity contribution is -0.127. The van der Waals surface area contributed by atoms with E-state index in [0.29, 0.717) is 6.54 Å². The first-order valence-corrected chi connectivity index (χ1v) is 8.26. The average Bonchev–Trinajstić information content (AvgIpc) is 2.97. The van der Waals surface area contributed by atoms with Crippen molar-refractivity contribution in [1.29, 1.82) is 0 Å². The van der Waals surface area contributed by atoms with Crippen LogP contribution in [0.25, 0.3) is 0 Å². The number of piperidine rings is 1. The molecule has 0 radical (unpaired) electrons. The molecule has 0 aromatic carbocycles. The highest BCUT2D eigenvalue weighted by Gasteiger charge is 2.27. The highest BCUT2D eigenvalue weighted by molar-refractivity contribution is 5.81. The van der Waals surface area contributed by atoms with Crippen molar-refractivity contribution < 1.29 is 4.79 Å². The highest BCUT2D eigenvalue weighted by Crippen LogP contribution is 2.28. The van der Waals surface area contributed by atoms with E-state index in [4.69, 9.17) is 6.42 Å². The van der Waals surface area contributed by atoms with Gasteiger partial charge in [-0.05, 0) is 38.1 Å². The van der Waals surface area contributed by atoms with E-state index < -0.39 is 0 Å². The number of rotatable bonds is 6. The SMILES string of the molecule is C#CCN1CCCCC1C(=O)NCCCC1CCCC1. The number of nitrogens with one attached hydrogen (secondary N) is 1. The third-order valence-corrected chi connectivity index (χ3v) is 4.77. The zero-order chi connectivity index (χ0) is 14.2. The average molecular weight is 276 g/mol. The van der Waals surface area contributed by atoms with Crippen LogP contribution in [-0.4, -0.2) is 36.5 Å². The highest BCUT2D eigenvalue weighted by atomic mass is 16.2. The first-order valence-electron chi connectivity index (χ1n) is 8.26. The third-order valence-electron chi connectivity index (χ3n) is 4.77. The number of hydrogen-bond acceptors (Lipinski definition) is 2. The van der Waals surface area contributed by atoms with Gasteiger partial charge in [-0.15, -0.1) is 6.42 Å². The number of nitrogens with zero attached hydrogens (tertiary/aromatic N) is 1. The van der Waals surface area contributed by atoms with Gasteiger partial charge >= 0.3 is 0 Å². The number of terminal acetylenes is 1. The van der Waals surface area contributed by atoms with E-state index in [-0.39, 0.29) is 11.9 Å². The Morgan fingerprint density at radius 3 is 2.70 bits per heavy atom. The predicted octanol–water partition coefficient (Wildman–Crippen LogP) is 2.56. The van der Waals surface area contributed by atoms with Crippen LogP contribution >= 0.6 is 0 Å². The standard InChI is InChI=1S/C17H28N2O/c1-2-13-19-14-6-5-11-16(19)17(20)18-12-7-10-15-8-3-4-9-15/h1,15-16H,3-14H2,(H,18,20). The van der Waals surface area contributed by atoms with Gasteiger partial charge in [0.1, 0.15) is 0 Å². The summed E-state index contributed by atoms with van der Waals surface area (Å²) < 4.78 is 0. The van der Waals surface area contributed by atoms with Crippen LogP contribution in [0.15, 0.2) is 0 Å². The summed E-state index contributed by atoms with van der Waals surface area (Å²) in [7, 11) is 0. The fraction of sp³-hybridized carbons (Fsp3) is 0.824. The molecule has 1 aliphatic carbocycles. The van der Waals surface area contributed by atoms with Gasteiger partial charge in [0, 0.05) is 6.54 Å². The summed E-state index contributed by atoms with van der Waals surface area (Å²) >= 11 is 0. The second-order valence-electron chi connectivity index (χ2n) is 6.27. The van der Waals surface area contributed by atoms with Gasteiger partial charge in [-0.1, -0.05) is 38.0 Å². The Morgan fingerprint density at radius 1 is 1.20 bits per heavy atom. The summed E-state index contributed by atoms with van der Waals surface area (Å²) in [5.74, 6) is 3.78. The van der Waals surface area contributed by atoms with E-state index in [1.807, 2.05) is 0 Å². The Balaban J connectivity index is 1.66. The van der Waals surface area contributed by atoms with Gasteiger partial charge in [0.15, 0.2) is 0 Å². The predicted molar refractivity (Wildman–Crippen MR) is 82.2 cm³/mol. The van der Waals surface area contributed by atoms with Crippen LogP contribution in [0.4, 0.5) is 0 Å². The van der Waals surface area contributed by atoms with Gasteiger partial charge < -0.3 is 5.32 Å². The van der Waals surface area contributed by atoms with Crippen molar-refractivity contribution in [1.82, 2.24) is 10.2 Å². The largest absolute Gasteiger partial charge is 0.355 e. The van der Waals surface area contributed by atoms with E-state index in [9.17, 15) is 4.79 Å². The summed E-state index contributed by atoms with van der Waals surface area (Å²) in [5.41, 5.74) is 0. The minimum atomic E-state index is 0.00582. The molecule has 2 fully saturated rings. The van der Waals surface area contributed by atoms with E-state index >= 15 is 0 Å². The molecule has 0 aromatic rings. The minimum Gasteiger partial charge on any atom is -0.355 e. The number of likely N-dealkylation sites (tertiary alicyclic amines) is 1. The molecule has 112 valence electrons. The summed E-state index contributed by atoms with van der Waals surface area (Å²) in [4.78, 5) is 14.4. The molecule has 1 aliphatic heterocycles. The third kappa shape index (κ3) is 4.52. The Hall–Kier alpha value is -1.01. The zero-order valence-electron chi connectivity index (χ0n) is 12.6. The smallest absolute Gasteiger partial charge is 0.237 e. The fourth-order valence-electron chi connectivity index (χ4n) is 3.61. The lowest BCUT2D eigenvalue weighted by atomic mass is 10.0. The Labute approximate surface area is 123 Å². The van der Waals surface area contributed by atoms with Crippen LogP contribution in [-0.2, 0) is 4.79 Å². The zero-order valence-corrected chi connectivity index (χ0v) is 12.6. The molecule has 1 saturated heterocycles. The van der Waals surface area contributed by atoms with Crippen LogP contribution in [0.2, 0.25) is 0 Å². The van der Waals surface area contributed by atoms with Crippen LogP contribution in [0.3, 0.4) is 0 Å². The number of carbonyl (C=O) groups excluding carboxylic acids is 1. The van der Waals surface area contributed by atoms with Gasteiger partial charge in [-0.3, -0.25) is 9.69 Å². The summed E-state index contributed by atoms with van der Waals surface area (Å²) in [6, 6.07) is 0.00582. The second kappa shape index (κ2) is 8.32. The molecule has 1 amide bonds. The van der Waals surface area contributed by atoms with Crippen molar-refractivity contribution in [2.75, 3.05) is 19.6 Å². The maximum Gasteiger partial charge on any atom is 0.237 e. The Bertz CT molecular complexity index is 341. The number of carbonyl (C=O) groups is 1. The van der Waals surface area contributed by atoms with Crippen molar-refractivity contribution in [3.63, 3.8) is 0 Å². The van der Waals surface area contributed by atoms with Crippen molar-refractivity contribution in [2.45, 2.75) is 63.8 Å². The van der Waals surface area contributed by atoms with Gasteiger partial charge in [0.05, 0.1) is 12.6 Å². The van der Waals surface area contributed by atoms with E-state index in [1.54, 1.807) is 0 Å². The Morgan fingerprint density at radius 2 is 1.95 bits per heavy atom. The van der Waals surface area contributed by atoms with Crippen molar-refractivity contribution >= 4 is 5.91 Å². The molecule has 0 aromatic heterocycles. The minimum absolute atomic E-state index is 0.00582. The molecular weight excluding hydrogens is 248 g/mol. The van der Waals surface area contributed by atoms with Gasteiger partial charge in [-0.25, -0.2) is 0 Å². The normalized spacial score (nSPS) is 24.4. The lowest BCUT2D eigenvalue weighted by Gasteiger charge is -2.33. The van der Waals surface area contributed by atoms with E-state index in [1.165, 1.54) is 32.1 Å². The first kappa shape index (κ1) is 15.4. The lowest BCUT2D eigenvalue weighted by Crippen LogP contribution is -2.49. The molecule has 2 rings (SSSR count). The molecule has 0 bridgehead atoms. The topological polar surface area (TPSA) is 32.3 Å². The molecule has 20 heavy (non-hydrogen) atoms. The second-order valence-corrected chi connectivity index (χ2v) is 6.27. The molecule has 1 atom stereocenters. The van der Waals surface area contributed by atoms with Crippen LogP contribution in [0.1, 0.15) is 57.8 Å². The summed E-state index contributed by atoms with van der Waals surface area (Å²) in [6.45, 7) is 2.39. The van der Waals surface area contributed by atoms with E-state index in [2.05, 4.69) is 16.1 Å². The van der Waals surface area contributed by atoms with Gasteiger partial charge in [0.2, 0.25) is 5.91 Å². The van der Waals surface area contributed by atoms with Crippen LogP contribution < -0.4 is 5.32 Å². The number of amides is 1. The molecule has 1 unspecified atom stereocenters. The monoisotopic (exact) mass is 276 g/mol. The Kier molecular flexibility index (Phi) is 6.39. The van der Waals surface area contributed by atoms with E-state index in [0.717, 1.165) is 44.7 Å². The number of hydrogen-bond donors (Lipinski definition) is 1. The summed E-state index contributed by atoms with van der Waals surface area (Å²) in [6.07, 6.45) is 16.6. The fourth-order valence-corrected chi connectivity index (χ4v) is 3.61. The van der Waals surface area contributed by atoms with Gasteiger partial charge in [0.25, 0.3) is 0 Å². The first-order chi connectivity index (χ1) is 9.81. The summed E-state index contributed by atoms with van der Waals surface area (Å²) in [5, 5.41) is 3.12. The maximum absolute atomic E-state index is 12.3. The molecular formula is C17H28N2O. The molecule has 0 spiro atoms. The van der Waals surface area contributed by atoms with Gasteiger partial charge in [-0.2, -0.15) is 0 Å². The van der Waals surface area contributed by atoms with Crippen molar-refractivity contribution in [2.24, 2.45) is 5.92 Å². The van der Waals surface area contributed by atoms with Crippen LogP contribution in [0.5, 0.6) is 0 Å². The van der Waals surface area contributed by atoms with Crippen molar-refractivity contribution in [3.8, 4) is 12.3 Å². The molecule has 1 N–H and O–H groups in total. The maximum atomic E-state index is 12.3.